The van der Waals surface area contributed by atoms with Crippen LogP contribution in [0.15, 0.2) is 40.9 Å². The molecule has 2 fully saturated rings. The van der Waals surface area contributed by atoms with Crippen LogP contribution in [0.4, 0.5) is 11.4 Å². The molecule has 8 heteroatoms. The molecule has 4 rings (SSSR count). The highest BCUT2D eigenvalue weighted by atomic mass is 79.9. The van der Waals surface area contributed by atoms with Gasteiger partial charge in [-0.15, -0.1) is 0 Å². The molecule has 0 bridgehead atoms. The van der Waals surface area contributed by atoms with Crippen molar-refractivity contribution in [1.29, 1.82) is 0 Å². The molecule has 34 heavy (non-hydrogen) atoms. The lowest BCUT2D eigenvalue weighted by molar-refractivity contribution is -0.122. The van der Waals surface area contributed by atoms with Gasteiger partial charge in [-0.1, -0.05) is 28.9 Å². The summed E-state index contributed by atoms with van der Waals surface area (Å²) in [5.74, 6) is -1.73. The second-order valence-electron chi connectivity index (χ2n) is 9.16. The van der Waals surface area contributed by atoms with E-state index in [1.54, 1.807) is 18.2 Å². The number of nitrogens with one attached hydrogen (secondary N) is 1. The maximum absolute atomic E-state index is 13.0. The summed E-state index contributed by atoms with van der Waals surface area (Å²) in [6.07, 6.45) is 2.35. The van der Waals surface area contributed by atoms with Crippen molar-refractivity contribution < 1.29 is 23.9 Å². The second kappa shape index (κ2) is 9.70. The van der Waals surface area contributed by atoms with Crippen molar-refractivity contribution in [2.45, 2.75) is 40.0 Å². The van der Waals surface area contributed by atoms with E-state index in [1.807, 2.05) is 19.9 Å². The Morgan fingerprint density at radius 2 is 1.79 bits per heavy atom. The predicted molar refractivity (Wildman–Crippen MR) is 131 cm³/mol. The first-order valence-corrected chi connectivity index (χ1v) is 12.2. The first-order chi connectivity index (χ1) is 16.2. The number of rotatable bonds is 5. The molecule has 0 unspecified atom stereocenters. The lowest BCUT2D eigenvalue weighted by atomic mass is 9.76. The molecule has 0 radical (unpaired) electrons. The van der Waals surface area contributed by atoms with Gasteiger partial charge in [0.15, 0.2) is 6.61 Å². The first-order valence-electron chi connectivity index (χ1n) is 11.4. The van der Waals surface area contributed by atoms with Gasteiger partial charge >= 0.3 is 5.97 Å². The van der Waals surface area contributed by atoms with Crippen LogP contribution >= 0.6 is 15.9 Å². The van der Waals surface area contributed by atoms with E-state index in [1.165, 1.54) is 17.0 Å². The first kappa shape index (κ1) is 24.1. The van der Waals surface area contributed by atoms with Gasteiger partial charge in [-0.05, 0) is 80.5 Å². The van der Waals surface area contributed by atoms with Crippen LogP contribution in [-0.2, 0) is 19.1 Å². The maximum Gasteiger partial charge on any atom is 0.338 e. The summed E-state index contributed by atoms with van der Waals surface area (Å²) < 4.78 is 6.13. The van der Waals surface area contributed by atoms with E-state index >= 15 is 0 Å². The zero-order valence-electron chi connectivity index (χ0n) is 19.4. The van der Waals surface area contributed by atoms with Gasteiger partial charge in [0.1, 0.15) is 0 Å². The Balaban J connectivity index is 1.41. The highest BCUT2D eigenvalue weighted by Crippen LogP contribution is 2.42. The Labute approximate surface area is 207 Å². The molecule has 0 aromatic heterocycles. The van der Waals surface area contributed by atoms with Crippen LogP contribution in [0.2, 0.25) is 0 Å². The number of halogens is 1. The van der Waals surface area contributed by atoms with Crippen molar-refractivity contribution >= 4 is 51.0 Å². The van der Waals surface area contributed by atoms with Gasteiger partial charge in [-0.3, -0.25) is 19.3 Å². The predicted octanol–water partition coefficient (Wildman–Crippen LogP) is 4.79. The summed E-state index contributed by atoms with van der Waals surface area (Å²) in [7, 11) is 0. The lowest BCUT2D eigenvalue weighted by Gasteiger charge is -2.25. The highest BCUT2D eigenvalue weighted by molar-refractivity contribution is 9.10. The van der Waals surface area contributed by atoms with E-state index < -0.39 is 18.5 Å². The normalized spacial score (nSPS) is 21.9. The Bertz CT molecular complexity index is 1180. The number of hydrogen-bond acceptors (Lipinski definition) is 5. The maximum atomic E-state index is 13.0. The number of imide groups is 1. The number of benzene rings is 2. The van der Waals surface area contributed by atoms with E-state index in [2.05, 4.69) is 28.2 Å². The Hall–Kier alpha value is -3.00. The number of hydrogen-bond donors (Lipinski definition) is 1. The fourth-order valence-electron chi connectivity index (χ4n) is 4.74. The van der Waals surface area contributed by atoms with E-state index in [9.17, 15) is 19.2 Å². The van der Waals surface area contributed by atoms with Gasteiger partial charge in [0.25, 0.3) is 5.91 Å². The van der Waals surface area contributed by atoms with Crippen molar-refractivity contribution in [2.75, 3.05) is 16.8 Å². The molecule has 1 saturated heterocycles. The van der Waals surface area contributed by atoms with Crippen molar-refractivity contribution in [3.8, 4) is 0 Å². The second-order valence-corrected chi connectivity index (χ2v) is 10.0. The van der Waals surface area contributed by atoms with E-state index in [0.717, 1.165) is 22.0 Å². The van der Waals surface area contributed by atoms with E-state index in [4.69, 9.17) is 4.74 Å². The molecule has 0 spiro atoms. The van der Waals surface area contributed by atoms with Gasteiger partial charge < -0.3 is 10.1 Å². The minimum absolute atomic E-state index is 0.171. The minimum atomic E-state index is -0.703. The number of esters is 1. The van der Waals surface area contributed by atoms with Crippen LogP contribution in [0.1, 0.15) is 47.7 Å². The number of carbonyl (C=O) groups is 4. The number of carbonyl (C=O) groups excluding carboxylic acids is 4. The molecule has 1 aliphatic carbocycles. The zero-order valence-corrected chi connectivity index (χ0v) is 21.0. The Morgan fingerprint density at radius 1 is 1.06 bits per heavy atom. The zero-order chi connectivity index (χ0) is 24.6. The van der Waals surface area contributed by atoms with Crippen LogP contribution in [0, 0.1) is 31.6 Å². The molecule has 1 N–H and O–H groups in total. The minimum Gasteiger partial charge on any atom is -0.452 e. The average Bonchev–Trinajstić information content (AvgIpc) is 3.07. The third-order valence-corrected chi connectivity index (χ3v) is 7.72. The standard InChI is InChI=1S/C26H27BrN2O5/c1-14-7-8-19-20(11-14)25(32)29(24(19)31)18-6-4-5-17(12-18)26(33)34-13-23(30)28-22-10-9-21(27)15(2)16(22)3/h4-6,9-10,12,14,19-20H,7-8,11,13H2,1-3H3,(H,28,30)/t14-,19-,20-/m1/s1. The van der Waals surface area contributed by atoms with Gasteiger partial charge in [0.2, 0.25) is 11.8 Å². The summed E-state index contributed by atoms with van der Waals surface area (Å²) in [6.45, 7) is 5.47. The van der Waals surface area contributed by atoms with Crippen molar-refractivity contribution in [3.05, 3.63) is 57.6 Å². The van der Waals surface area contributed by atoms with Gasteiger partial charge in [-0.2, -0.15) is 0 Å². The lowest BCUT2D eigenvalue weighted by Crippen LogP contribution is -2.31. The smallest absolute Gasteiger partial charge is 0.338 e. The molecule has 7 nitrogen and oxygen atoms in total. The highest BCUT2D eigenvalue weighted by Gasteiger charge is 2.50. The third kappa shape index (κ3) is 4.64. The number of nitrogens with zero attached hydrogens (tertiary/aromatic N) is 1. The number of anilines is 2. The SMILES string of the molecule is Cc1c(Br)ccc(NC(=O)COC(=O)c2cccc(N3C(=O)[C@@H]4CC[C@@H](C)C[C@H]4C3=O)c2)c1C. The molecular formula is C26H27BrN2O5. The third-order valence-electron chi connectivity index (χ3n) is 6.86. The van der Waals surface area contributed by atoms with Crippen LogP contribution in [0.3, 0.4) is 0 Å². The summed E-state index contributed by atoms with van der Waals surface area (Å²) in [5.41, 5.74) is 3.09. The molecule has 3 atom stereocenters. The summed E-state index contributed by atoms with van der Waals surface area (Å²) in [5, 5.41) is 2.75. The van der Waals surface area contributed by atoms with Crippen LogP contribution in [-0.4, -0.2) is 30.3 Å². The topological polar surface area (TPSA) is 92.8 Å². The molecule has 2 aromatic rings. The Kier molecular flexibility index (Phi) is 6.89. The van der Waals surface area contributed by atoms with Crippen molar-refractivity contribution in [1.82, 2.24) is 0 Å². The van der Waals surface area contributed by atoms with Gasteiger partial charge in [0, 0.05) is 10.2 Å². The number of amides is 3. The molecule has 178 valence electrons. The summed E-state index contributed by atoms with van der Waals surface area (Å²) in [6, 6.07) is 9.86. The molecule has 1 heterocycles. The molecule has 2 aromatic carbocycles. The number of ether oxygens (including phenoxy) is 1. The van der Waals surface area contributed by atoms with Crippen LogP contribution in [0.5, 0.6) is 0 Å². The molecule has 1 saturated carbocycles. The molecule has 3 amide bonds. The molecule has 2 aliphatic rings. The van der Waals surface area contributed by atoms with E-state index in [0.29, 0.717) is 30.1 Å². The van der Waals surface area contributed by atoms with Crippen molar-refractivity contribution in [2.24, 2.45) is 17.8 Å². The molecule has 1 aliphatic heterocycles. The van der Waals surface area contributed by atoms with Gasteiger partial charge in [-0.25, -0.2) is 4.79 Å². The fraction of sp³-hybridized carbons (Fsp3) is 0.385. The summed E-state index contributed by atoms with van der Waals surface area (Å²) >= 11 is 3.45. The van der Waals surface area contributed by atoms with E-state index in [-0.39, 0.29) is 29.2 Å². The average molecular weight is 527 g/mol. The Morgan fingerprint density at radius 3 is 2.56 bits per heavy atom. The number of fused-ring (bicyclic) bond motifs is 1. The monoisotopic (exact) mass is 526 g/mol. The largest absolute Gasteiger partial charge is 0.452 e. The quantitative estimate of drug-likeness (QED) is 0.446. The van der Waals surface area contributed by atoms with Crippen LogP contribution in [0.25, 0.3) is 0 Å². The molecular weight excluding hydrogens is 500 g/mol. The summed E-state index contributed by atoms with van der Waals surface area (Å²) in [4.78, 5) is 52.0. The van der Waals surface area contributed by atoms with Crippen LogP contribution < -0.4 is 10.2 Å². The van der Waals surface area contributed by atoms with Gasteiger partial charge in [0.05, 0.1) is 23.1 Å². The van der Waals surface area contributed by atoms with Crippen molar-refractivity contribution in [3.63, 3.8) is 0 Å². The fourth-order valence-corrected chi connectivity index (χ4v) is 5.17.